The van der Waals surface area contributed by atoms with E-state index in [9.17, 15) is 9.59 Å². The molecule has 1 aliphatic rings. The molecule has 26 heavy (non-hydrogen) atoms. The predicted molar refractivity (Wildman–Crippen MR) is 105 cm³/mol. The summed E-state index contributed by atoms with van der Waals surface area (Å²) in [5, 5.41) is 10.4. The van der Waals surface area contributed by atoms with Crippen molar-refractivity contribution in [3.8, 4) is 0 Å². The summed E-state index contributed by atoms with van der Waals surface area (Å²) in [6, 6.07) is 11.6. The lowest BCUT2D eigenvalue weighted by Gasteiger charge is -2.07. The van der Waals surface area contributed by atoms with E-state index in [1.54, 1.807) is 31.3 Å². The van der Waals surface area contributed by atoms with Crippen LogP contribution in [0.4, 0.5) is 5.69 Å². The topological polar surface area (TPSA) is 70.0 Å². The van der Waals surface area contributed by atoms with Gasteiger partial charge in [-0.2, -0.15) is 0 Å². The summed E-state index contributed by atoms with van der Waals surface area (Å²) in [4.78, 5) is 29.9. The number of thioether (sulfide) groups is 1. The number of aliphatic imine (C=N–C) groups is 1. The van der Waals surface area contributed by atoms with Crippen LogP contribution >= 0.6 is 35.0 Å². The van der Waals surface area contributed by atoms with Crippen LogP contribution in [0.15, 0.2) is 52.4 Å². The molecule has 5 nitrogen and oxygen atoms in total. The Morgan fingerprint density at radius 3 is 2.54 bits per heavy atom. The van der Waals surface area contributed by atoms with Crippen LogP contribution < -0.4 is 0 Å². The molecule has 8 heteroatoms. The number of carbonyl (C=O) groups excluding carboxylic acids is 1. The van der Waals surface area contributed by atoms with Crippen LogP contribution in [-0.2, 0) is 4.79 Å². The van der Waals surface area contributed by atoms with Crippen molar-refractivity contribution in [1.29, 1.82) is 0 Å². The standard InChI is InChI=1S/C18H12Cl2N2O3S/c1-22-16(23)15(8-10-2-4-11(19)5-3-10)26-18(22)21-12-6-7-14(20)13(9-12)17(24)25/h2-9H,1H3,(H,24,25). The number of hydrogen-bond donors (Lipinski definition) is 1. The van der Waals surface area contributed by atoms with Crippen molar-refractivity contribution in [3.05, 3.63) is 68.5 Å². The van der Waals surface area contributed by atoms with Gasteiger partial charge >= 0.3 is 5.97 Å². The first-order valence-electron chi connectivity index (χ1n) is 7.40. The monoisotopic (exact) mass is 406 g/mol. The highest BCUT2D eigenvalue weighted by Crippen LogP contribution is 2.34. The summed E-state index contributed by atoms with van der Waals surface area (Å²) in [6.45, 7) is 0. The fourth-order valence-electron chi connectivity index (χ4n) is 2.22. The molecule has 1 aliphatic heterocycles. The van der Waals surface area contributed by atoms with Crippen molar-refractivity contribution in [2.45, 2.75) is 0 Å². The Bertz CT molecular complexity index is 955. The largest absolute Gasteiger partial charge is 0.478 e. The van der Waals surface area contributed by atoms with E-state index in [2.05, 4.69) is 4.99 Å². The van der Waals surface area contributed by atoms with E-state index in [1.165, 1.54) is 28.8 Å². The molecule has 0 spiro atoms. The third-order valence-corrected chi connectivity index (χ3v) is 5.22. The van der Waals surface area contributed by atoms with Gasteiger partial charge < -0.3 is 5.11 Å². The number of carbonyl (C=O) groups is 2. The zero-order valence-electron chi connectivity index (χ0n) is 13.4. The first-order chi connectivity index (χ1) is 12.3. The minimum absolute atomic E-state index is 0.0394. The molecular formula is C18H12Cl2N2O3S. The van der Waals surface area contributed by atoms with Crippen LogP contribution in [0.3, 0.4) is 0 Å². The Balaban J connectivity index is 1.91. The number of hydrogen-bond acceptors (Lipinski definition) is 4. The quantitative estimate of drug-likeness (QED) is 0.733. The number of likely N-dealkylation sites (N-methyl/N-ethyl adjacent to an activating group) is 1. The molecule has 1 heterocycles. The SMILES string of the molecule is CN1C(=O)C(=Cc2ccc(Cl)cc2)SC1=Nc1ccc(Cl)c(C(=O)O)c1. The van der Waals surface area contributed by atoms with E-state index in [0.717, 1.165) is 5.56 Å². The second-order valence-electron chi connectivity index (χ2n) is 5.39. The van der Waals surface area contributed by atoms with Gasteiger partial charge in [0.2, 0.25) is 0 Å². The van der Waals surface area contributed by atoms with Gasteiger partial charge in [-0.05, 0) is 53.7 Å². The van der Waals surface area contributed by atoms with Crippen LogP contribution in [0.2, 0.25) is 10.0 Å². The molecule has 2 aromatic rings. The average molecular weight is 407 g/mol. The third-order valence-electron chi connectivity index (χ3n) is 3.58. The molecule has 1 N–H and O–H groups in total. The molecule has 0 aromatic heterocycles. The molecule has 1 amide bonds. The molecule has 1 saturated heterocycles. The highest BCUT2D eigenvalue weighted by atomic mass is 35.5. The molecule has 3 rings (SSSR count). The van der Waals surface area contributed by atoms with E-state index in [4.69, 9.17) is 28.3 Å². The van der Waals surface area contributed by atoms with Crippen molar-refractivity contribution in [2.24, 2.45) is 4.99 Å². The van der Waals surface area contributed by atoms with Crippen LogP contribution in [-0.4, -0.2) is 34.1 Å². The highest BCUT2D eigenvalue weighted by Gasteiger charge is 2.30. The van der Waals surface area contributed by atoms with Gasteiger partial charge in [-0.1, -0.05) is 35.3 Å². The summed E-state index contributed by atoms with van der Waals surface area (Å²) in [5.74, 6) is -1.32. The predicted octanol–water partition coefficient (Wildman–Crippen LogP) is 4.93. The van der Waals surface area contributed by atoms with Crippen LogP contribution in [0.25, 0.3) is 6.08 Å². The third kappa shape index (κ3) is 3.93. The Labute approximate surface area is 163 Å². The molecule has 0 bridgehead atoms. The van der Waals surface area contributed by atoms with Crippen molar-refractivity contribution < 1.29 is 14.7 Å². The molecule has 132 valence electrons. The molecule has 0 radical (unpaired) electrons. The Kier molecular flexibility index (Phi) is 5.36. The zero-order chi connectivity index (χ0) is 18.8. The second-order valence-corrected chi connectivity index (χ2v) is 7.24. The van der Waals surface area contributed by atoms with Gasteiger partial charge in [-0.25, -0.2) is 9.79 Å². The number of rotatable bonds is 3. The normalized spacial score (nSPS) is 17.3. The van der Waals surface area contributed by atoms with Crippen LogP contribution in [0, 0.1) is 0 Å². The van der Waals surface area contributed by atoms with E-state index < -0.39 is 5.97 Å². The molecule has 0 atom stereocenters. The van der Waals surface area contributed by atoms with E-state index in [1.807, 2.05) is 12.1 Å². The molecular weight excluding hydrogens is 395 g/mol. The molecule has 0 unspecified atom stereocenters. The summed E-state index contributed by atoms with van der Waals surface area (Å²) < 4.78 is 0. The van der Waals surface area contributed by atoms with Gasteiger partial charge in [0.15, 0.2) is 5.17 Å². The summed E-state index contributed by atoms with van der Waals surface area (Å²) in [6.07, 6.45) is 1.76. The maximum atomic E-state index is 12.4. The number of amidine groups is 1. The summed E-state index contributed by atoms with van der Waals surface area (Å²) in [5.41, 5.74) is 1.21. The average Bonchev–Trinajstić information content (AvgIpc) is 2.86. The number of carboxylic acid groups (broad SMARTS) is 1. The maximum Gasteiger partial charge on any atom is 0.337 e. The van der Waals surface area contributed by atoms with Gasteiger partial charge in [0.1, 0.15) is 0 Å². The molecule has 2 aromatic carbocycles. The van der Waals surface area contributed by atoms with Gasteiger partial charge in [-0.3, -0.25) is 9.69 Å². The minimum Gasteiger partial charge on any atom is -0.478 e. The van der Waals surface area contributed by atoms with Crippen LogP contribution in [0.5, 0.6) is 0 Å². The molecule has 1 fully saturated rings. The highest BCUT2D eigenvalue weighted by molar-refractivity contribution is 8.18. The second kappa shape index (κ2) is 7.53. The van der Waals surface area contributed by atoms with Crippen molar-refractivity contribution in [2.75, 3.05) is 7.05 Å². The number of halogens is 2. The summed E-state index contributed by atoms with van der Waals surface area (Å²) in [7, 11) is 1.62. The Hall–Kier alpha value is -2.28. The lowest BCUT2D eigenvalue weighted by Crippen LogP contribution is -2.23. The van der Waals surface area contributed by atoms with Crippen molar-refractivity contribution >= 4 is 63.8 Å². The zero-order valence-corrected chi connectivity index (χ0v) is 15.8. The van der Waals surface area contributed by atoms with E-state index >= 15 is 0 Å². The first kappa shape index (κ1) is 18.5. The smallest absolute Gasteiger partial charge is 0.337 e. The Morgan fingerprint density at radius 2 is 1.88 bits per heavy atom. The number of aromatic carboxylic acids is 1. The van der Waals surface area contributed by atoms with Crippen LogP contribution in [0.1, 0.15) is 15.9 Å². The fourth-order valence-corrected chi connectivity index (χ4v) is 3.53. The number of amides is 1. The van der Waals surface area contributed by atoms with Crippen molar-refractivity contribution in [1.82, 2.24) is 4.90 Å². The van der Waals surface area contributed by atoms with Gasteiger partial charge in [0, 0.05) is 12.1 Å². The molecule has 0 saturated carbocycles. The van der Waals surface area contributed by atoms with Crippen molar-refractivity contribution in [3.63, 3.8) is 0 Å². The van der Waals surface area contributed by atoms with Gasteiger partial charge in [0.05, 0.1) is 21.2 Å². The number of benzene rings is 2. The van der Waals surface area contributed by atoms with Gasteiger partial charge in [0.25, 0.3) is 5.91 Å². The fraction of sp³-hybridized carbons (Fsp3) is 0.0556. The van der Waals surface area contributed by atoms with Gasteiger partial charge in [-0.15, -0.1) is 0 Å². The van der Waals surface area contributed by atoms with E-state index in [0.29, 0.717) is 20.8 Å². The number of nitrogens with zero attached hydrogens (tertiary/aromatic N) is 2. The summed E-state index contributed by atoms with van der Waals surface area (Å²) >= 11 is 12.9. The van der Waals surface area contributed by atoms with E-state index in [-0.39, 0.29) is 16.5 Å². The lowest BCUT2D eigenvalue weighted by atomic mass is 10.2. The molecule has 0 aliphatic carbocycles. The Morgan fingerprint density at radius 1 is 1.19 bits per heavy atom. The minimum atomic E-state index is -1.14. The maximum absolute atomic E-state index is 12.4. The lowest BCUT2D eigenvalue weighted by molar-refractivity contribution is -0.121. The first-order valence-corrected chi connectivity index (χ1v) is 8.97. The number of carboxylic acids is 1.